The molecule has 0 saturated heterocycles. The van der Waals surface area contributed by atoms with Crippen LogP contribution in [0.4, 0.5) is 9.93 Å². The number of rotatable bonds is 5. The minimum atomic E-state index is -0.268. The van der Waals surface area contributed by atoms with Crippen LogP contribution >= 0.6 is 11.3 Å². The van der Waals surface area contributed by atoms with E-state index in [0.717, 1.165) is 10.6 Å². The van der Waals surface area contributed by atoms with Gasteiger partial charge in [0.1, 0.15) is 5.75 Å². The lowest BCUT2D eigenvalue weighted by Gasteiger charge is -2.26. The molecule has 2 aromatic rings. The maximum atomic E-state index is 12.4. The van der Waals surface area contributed by atoms with Crippen molar-refractivity contribution in [2.75, 3.05) is 18.5 Å². The number of para-hydroxylation sites is 1. The van der Waals surface area contributed by atoms with Crippen molar-refractivity contribution in [3.8, 4) is 5.75 Å². The van der Waals surface area contributed by atoms with Gasteiger partial charge in [0.05, 0.1) is 12.2 Å². The molecule has 1 aromatic carbocycles. The molecule has 0 bridgehead atoms. The van der Waals surface area contributed by atoms with Crippen LogP contribution in [0, 0.1) is 0 Å². The molecule has 0 saturated carbocycles. The summed E-state index contributed by atoms with van der Waals surface area (Å²) in [5.41, 5.74) is 0.947. The van der Waals surface area contributed by atoms with Gasteiger partial charge < -0.3 is 15.0 Å². The third-order valence-electron chi connectivity index (χ3n) is 3.83. The van der Waals surface area contributed by atoms with Crippen LogP contribution in [0.2, 0.25) is 0 Å². The summed E-state index contributed by atoms with van der Waals surface area (Å²) < 4.78 is 5.54. The molecule has 1 aliphatic heterocycles. The second kappa shape index (κ2) is 8.18. The zero-order valence-corrected chi connectivity index (χ0v) is 15.6. The Morgan fingerprint density at radius 1 is 1.31 bits per heavy atom. The van der Waals surface area contributed by atoms with E-state index in [9.17, 15) is 9.59 Å². The maximum absolute atomic E-state index is 12.4. The highest BCUT2D eigenvalue weighted by Gasteiger charge is 2.24. The first-order valence-corrected chi connectivity index (χ1v) is 9.34. The Morgan fingerprint density at radius 3 is 2.81 bits per heavy atom. The van der Waals surface area contributed by atoms with Crippen LogP contribution in [-0.2, 0) is 17.8 Å². The second-order valence-corrected chi connectivity index (χ2v) is 7.39. The quantitative estimate of drug-likeness (QED) is 0.843. The van der Waals surface area contributed by atoms with Crippen LogP contribution in [0.25, 0.3) is 0 Å². The highest BCUT2D eigenvalue weighted by Crippen LogP contribution is 2.28. The van der Waals surface area contributed by atoms with Crippen molar-refractivity contribution >= 4 is 28.4 Å². The van der Waals surface area contributed by atoms with Gasteiger partial charge >= 0.3 is 6.03 Å². The summed E-state index contributed by atoms with van der Waals surface area (Å²) in [5, 5.41) is 6.08. The van der Waals surface area contributed by atoms with Crippen molar-refractivity contribution in [2.45, 2.75) is 32.9 Å². The summed E-state index contributed by atoms with van der Waals surface area (Å²) in [5.74, 6) is 0.624. The number of aromatic nitrogens is 1. The first-order valence-electron chi connectivity index (χ1n) is 8.53. The molecule has 0 spiro atoms. The van der Waals surface area contributed by atoms with Gasteiger partial charge in [-0.05, 0) is 26.0 Å². The summed E-state index contributed by atoms with van der Waals surface area (Å²) in [4.78, 5) is 31.4. The molecule has 8 heteroatoms. The van der Waals surface area contributed by atoms with Gasteiger partial charge in [-0.1, -0.05) is 29.5 Å². The van der Waals surface area contributed by atoms with Gasteiger partial charge in [-0.15, -0.1) is 0 Å². The topological polar surface area (TPSA) is 83.6 Å². The first kappa shape index (κ1) is 18.2. The standard InChI is InChI=1S/C18H22N4O3S/c1-12(2)19-17(24)21-18-20-14-8-9-22(10-15(14)26-18)16(23)11-25-13-6-4-3-5-7-13/h3-7,12H,8-11H2,1-2H3,(H2,19,20,21,24). The number of nitrogens with one attached hydrogen (secondary N) is 2. The molecule has 1 aromatic heterocycles. The van der Waals surface area contributed by atoms with E-state index >= 15 is 0 Å². The Balaban J connectivity index is 1.55. The predicted octanol–water partition coefficient (Wildman–Crippen LogP) is 2.64. The zero-order chi connectivity index (χ0) is 18.5. The average Bonchev–Trinajstić information content (AvgIpc) is 3.00. The molecular formula is C18H22N4O3S. The highest BCUT2D eigenvalue weighted by molar-refractivity contribution is 7.15. The van der Waals surface area contributed by atoms with Gasteiger partial charge in [-0.3, -0.25) is 10.1 Å². The largest absolute Gasteiger partial charge is 0.484 e. The van der Waals surface area contributed by atoms with Crippen LogP contribution in [0.5, 0.6) is 5.75 Å². The number of hydrogen-bond acceptors (Lipinski definition) is 5. The Hall–Kier alpha value is -2.61. The molecule has 7 nitrogen and oxygen atoms in total. The number of anilines is 1. The van der Waals surface area contributed by atoms with Gasteiger partial charge in [-0.2, -0.15) is 0 Å². The number of carbonyl (C=O) groups is 2. The van der Waals surface area contributed by atoms with Crippen molar-refractivity contribution in [3.05, 3.63) is 40.9 Å². The van der Waals surface area contributed by atoms with E-state index in [1.165, 1.54) is 11.3 Å². The van der Waals surface area contributed by atoms with Crippen molar-refractivity contribution in [1.82, 2.24) is 15.2 Å². The number of nitrogens with zero attached hydrogens (tertiary/aromatic N) is 2. The molecule has 1 aliphatic rings. The second-order valence-electron chi connectivity index (χ2n) is 6.31. The number of amides is 3. The monoisotopic (exact) mass is 374 g/mol. The first-order chi connectivity index (χ1) is 12.5. The number of hydrogen-bond donors (Lipinski definition) is 2. The van der Waals surface area contributed by atoms with E-state index in [2.05, 4.69) is 15.6 Å². The number of fused-ring (bicyclic) bond motifs is 1. The summed E-state index contributed by atoms with van der Waals surface area (Å²) in [7, 11) is 0. The normalized spacial score (nSPS) is 13.3. The van der Waals surface area contributed by atoms with Crippen molar-refractivity contribution in [2.24, 2.45) is 0 Å². The van der Waals surface area contributed by atoms with Crippen LogP contribution in [0.3, 0.4) is 0 Å². The third-order valence-corrected chi connectivity index (χ3v) is 4.83. The molecule has 138 valence electrons. The smallest absolute Gasteiger partial charge is 0.321 e. The molecule has 0 fully saturated rings. The Bertz CT molecular complexity index is 776. The number of carbonyl (C=O) groups excluding carboxylic acids is 2. The lowest BCUT2D eigenvalue weighted by atomic mass is 10.2. The van der Waals surface area contributed by atoms with E-state index in [0.29, 0.717) is 30.4 Å². The van der Waals surface area contributed by atoms with E-state index in [1.807, 2.05) is 44.2 Å². The van der Waals surface area contributed by atoms with Crippen molar-refractivity contribution in [1.29, 1.82) is 0 Å². The lowest BCUT2D eigenvalue weighted by Crippen LogP contribution is -2.38. The zero-order valence-electron chi connectivity index (χ0n) is 14.8. The van der Waals surface area contributed by atoms with Crippen LogP contribution in [0.1, 0.15) is 24.4 Å². The fraction of sp³-hybridized carbons (Fsp3) is 0.389. The number of ether oxygens (including phenoxy) is 1. The SMILES string of the molecule is CC(C)NC(=O)Nc1nc2c(s1)CN(C(=O)COc1ccccc1)CC2. The van der Waals surface area contributed by atoms with Crippen LogP contribution < -0.4 is 15.4 Å². The average molecular weight is 374 g/mol. The highest BCUT2D eigenvalue weighted by atomic mass is 32.1. The molecular weight excluding hydrogens is 352 g/mol. The summed E-state index contributed by atoms with van der Waals surface area (Å²) >= 11 is 1.41. The molecule has 2 heterocycles. The molecule has 0 radical (unpaired) electrons. The number of benzene rings is 1. The van der Waals surface area contributed by atoms with E-state index in [-0.39, 0.29) is 24.6 Å². The fourth-order valence-corrected chi connectivity index (χ4v) is 3.63. The van der Waals surface area contributed by atoms with E-state index in [4.69, 9.17) is 4.74 Å². The van der Waals surface area contributed by atoms with Gasteiger partial charge in [0, 0.05) is 23.9 Å². The molecule has 0 atom stereocenters. The van der Waals surface area contributed by atoms with Crippen LogP contribution in [0.15, 0.2) is 30.3 Å². The summed E-state index contributed by atoms with van der Waals surface area (Å²) in [6.07, 6.45) is 0.677. The Labute approximate surface area is 156 Å². The van der Waals surface area contributed by atoms with E-state index < -0.39 is 0 Å². The third kappa shape index (κ3) is 4.72. The summed E-state index contributed by atoms with van der Waals surface area (Å²) in [6, 6.07) is 9.08. The van der Waals surface area contributed by atoms with Gasteiger partial charge in [-0.25, -0.2) is 9.78 Å². The van der Waals surface area contributed by atoms with Gasteiger partial charge in [0.25, 0.3) is 5.91 Å². The number of urea groups is 1. The molecule has 2 N–H and O–H groups in total. The lowest BCUT2D eigenvalue weighted by molar-refractivity contribution is -0.134. The predicted molar refractivity (Wildman–Crippen MR) is 100 cm³/mol. The Kier molecular flexibility index (Phi) is 5.72. The minimum absolute atomic E-state index is 0.0139. The Morgan fingerprint density at radius 2 is 2.08 bits per heavy atom. The fourth-order valence-electron chi connectivity index (χ4n) is 2.61. The van der Waals surface area contributed by atoms with Crippen molar-refractivity contribution in [3.63, 3.8) is 0 Å². The molecule has 3 amide bonds. The molecule has 3 rings (SSSR count). The van der Waals surface area contributed by atoms with Crippen molar-refractivity contribution < 1.29 is 14.3 Å². The molecule has 0 unspecified atom stereocenters. The molecule has 26 heavy (non-hydrogen) atoms. The minimum Gasteiger partial charge on any atom is -0.484 e. The van der Waals surface area contributed by atoms with Gasteiger partial charge in [0.2, 0.25) is 0 Å². The number of thiazole rings is 1. The molecule has 0 aliphatic carbocycles. The maximum Gasteiger partial charge on any atom is 0.321 e. The van der Waals surface area contributed by atoms with E-state index in [1.54, 1.807) is 4.90 Å². The van der Waals surface area contributed by atoms with Crippen LogP contribution in [-0.4, -0.2) is 41.0 Å². The van der Waals surface area contributed by atoms with Gasteiger partial charge in [0.15, 0.2) is 11.7 Å². The summed E-state index contributed by atoms with van der Waals surface area (Å²) in [6.45, 7) is 4.91.